The summed E-state index contributed by atoms with van der Waals surface area (Å²) >= 11 is 0. The molecule has 1 aromatic rings. The van der Waals surface area contributed by atoms with Gasteiger partial charge in [0.2, 0.25) is 0 Å². The van der Waals surface area contributed by atoms with Crippen molar-refractivity contribution >= 4 is 0 Å². The van der Waals surface area contributed by atoms with E-state index in [1.165, 1.54) is 0 Å². The van der Waals surface area contributed by atoms with Crippen LogP contribution in [0.4, 0.5) is 0 Å². The standard InChI is InChI=1S/C16H27NO3/c1-3-10-17-14(9-11-18)13-20-16-7-5-15(6-8-16)19-12-4-2/h5-8,14,17-18H,3-4,9-13H2,1-2H3. The van der Waals surface area contributed by atoms with E-state index in [-0.39, 0.29) is 12.6 Å². The third-order valence-corrected chi connectivity index (χ3v) is 2.91. The normalized spacial score (nSPS) is 12.2. The Hall–Kier alpha value is -1.26. The zero-order chi connectivity index (χ0) is 14.6. The van der Waals surface area contributed by atoms with E-state index in [9.17, 15) is 0 Å². The molecule has 4 nitrogen and oxygen atoms in total. The van der Waals surface area contributed by atoms with Crippen LogP contribution in [-0.4, -0.2) is 37.5 Å². The number of benzene rings is 1. The highest BCUT2D eigenvalue weighted by atomic mass is 16.5. The van der Waals surface area contributed by atoms with Gasteiger partial charge < -0.3 is 19.9 Å². The Morgan fingerprint density at radius 2 is 1.70 bits per heavy atom. The van der Waals surface area contributed by atoms with Gasteiger partial charge in [-0.3, -0.25) is 0 Å². The maximum absolute atomic E-state index is 9.04. The van der Waals surface area contributed by atoms with E-state index < -0.39 is 0 Å². The lowest BCUT2D eigenvalue weighted by molar-refractivity contribution is 0.213. The molecule has 4 heteroatoms. The van der Waals surface area contributed by atoms with Crippen LogP contribution in [0, 0.1) is 0 Å². The van der Waals surface area contributed by atoms with Crippen molar-refractivity contribution in [3.63, 3.8) is 0 Å². The van der Waals surface area contributed by atoms with Gasteiger partial charge in [0, 0.05) is 12.6 Å². The maximum atomic E-state index is 9.04. The summed E-state index contributed by atoms with van der Waals surface area (Å²) in [6.07, 6.45) is 2.78. The molecule has 0 bridgehead atoms. The van der Waals surface area contributed by atoms with Crippen molar-refractivity contribution < 1.29 is 14.6 Å². The summed E-state index contributed by atoms with van der Waals surface area (Å²) in [6.45, 7) is 6.63. The van der Waals surface area contributed by atoms with Crippen molar-refractivity contribution in [1.29, 1.82) is 0 Å². The number of nitrogens with one attached hydrogen (secondary N) is 1. The molecule has 0 heterocycles. The third kappa shape index (κ3) is 6.78. The predicted molar refractivity (Wildman–Crippen MR) is 81.5 cm³/mol. The van der Waals surface area contributed by atoms with Crippen LogP contribution in [0.25, 0.3) is 0 Å². The van der Waals surface area contributed by atoms with E-state index in [0.29, 0.717) is 13.0 Å². The van der Waals surface area contributed by atoms with E-state index in [1.807, 2.05) is 24.3 Å². The lowest BCUT2D eigenvalue weighted by atomic mass is 10.2. The summed E-state index contributed by atoms with van der Waals surface area (Å²) in [5.74, 6) is 1.70. The molecule has 2 N–H and O–H groups in total. The lowest BCUT2D eigenvalue weighted by Gasteiger charge is -2.18. The second kappa shape index (κ2) is 10.5. The van der Waals surface area contributed by atoms with Gasteiger partial charge >= 0.3 is 0 Å². The number of hydrogen-bond acceptors (Lipinski definition) is 4. The molecule has 0 spiro atoms. The molecule has 0 aromatic heterocycles. The summed E-state index contributed by atoms with van der Waals surface area (Å²) in [5.41, 5.74) is 0. The highest BCUT2D eigenvalue weighted by Gasteiger charge is 2.08. The lowest BCUT2D eigenvalue weighted by Crippen LogP contribution is -2.36. The molecule has 1 unspecified atom stereocenters. The first-order valence-electron chi connectivity index (χ1n) is 7.50. The van der Waals surface area contributed by atoms with Crippen LogP contribution in [0.1, 0.15) is 33.1 Å². The van der Waals surface area contributed by atoms with Crippen molar-refractivity contribution in [2.24, 2.45) is 0 Å². The molecule has 0 saturated carbocycles. The number of ether oxygens (including phenoxy) is 2. The molecular weight excluding hydrogens is 254 g/mol. The van der Waals surface area contributed by atoms with Gasteiger partial charge in [0.15, 0.2) is 0 Å². The van der Waals surface area contributed by atoms with Crippen LogP contribution in [0.15, 0.2) is 24.3 Å². The van der Waals surface area contributed by atoms with Gasteiger partial charge in [-0.2, -0.15) is 0 Å². The van der Waals surface area contributed by atoms with Crippen LogP contribution in [0.5, 0.6) is 11.5 Å². The monoisotopic (exact) mass is 281 g/mol. The van der Waals surface area contributed by atoms with Crippen molar-refractivity contribution in [2.75, 3.05) is 26.4 Å². The first-order valence-corrected chi connectivity index (χ1v) is 7.50. The molecule has 1 rings (SSSR count). The molecule has 0 aliphatic heterocycles. The Labute approximate surface area is 122 Å². The fourth-order valence-electron chi connectivity index (χ4n) is 1.80. The number of aliphatic hydroxyl groups is 1. The van der Waals surface area contributed by atoms with Crippen LogP contribution in [-0.2, 0) is 0 Å². The van der Waals surface area contributed by atoms with Crippen LogP contribution < -0.4 is 14.8 Å². The molecule has 1 aromatic carbocycles. The molecular formula is C16H27NO3. The average Bonchev–Trinajstić information content (AvgIpc) is 2.49. The van der Waals surface area contributed by atoms with Gasteiger partial charge in [-0.1, -0.05) is 13.8 Å². The van der Waals surface area contributed by atoms with Gasteiger partial charge in [0.05, 0.1) is 6.61 Å². The molecule has 0 aliphatic carbocycles. The summed E-state index contributed by atoms with van der Waals surface area (Å²) in [4.78, 5) is 0. The van der Waals surface area contributed by atoms with E-state index in [2.05, 4.69) is 19.2 Å². The molecule has 1 atom stereocenters. The Balaban J connectivity index is 2.38. The number of hydrogen-bond donors (Lipinski definition) is 2. The molecule has 0 saturated heterocycles. The van der Waals surface area contributed by atoms with Crippen molar-refractivity contribution in [3.8, 4) is 11.5 Å². The van der Waals surface area contributed by atoms with Crippen LogP contribution in [0.3, 0.4) is 0 Å². The van der Waals surface area contributed by atoms with Crippen molar-refractivity contribution in [1.82, 2.24) is 5.32 Å². The minimum absolute atomic E-state index is 0.175. The fraction of sp³-hybridized carbons (Fsp3) is 0.625. The summed E-state index contributed by atoms with van der Waals surface area (Å²) in [5, 5.41) is 12.4. The zero-order valence-electron chi connectivity index (χ0n) is 12.6. The number of aliphatic hydroxyl groups excluding tert-OH is 1. The third-order valence-electron chi connectivity index (χ3n) is 2.91. The minimum atomic E-state index is 0.175. The molecule has 114 valence electrons. The van der Waals surface area contributed by atoms with Gasteiger partial charge in [0.1, 0.15) is 18.1 Å². The highest BCUT2D eigenvalue weighted by Crippen LogP contribution is 2.18. The maximum Gasteiger partial charge on any atom is 0.119 e. The van der Waals surface area contributed by atoms with E-state index >= 15 is 0 Å². The van der Waals surface area contributed by atoms with Gasteiger partial charge in [0.25, 0.3) is 0 Å². The second-order valence-corrected chi connectivity index (χ2v) is 4.79. The first-order chi connectivity index (χ1) is 9.80. The molecule has 0 radical (unpaired) electrons. The van der Waals surface area contributed by atoms with E-state index in [4.69, 9.17) is 14.6 Å². The van der Waals surface area contributed by atoms with Crippen LogP contribution >= 0.6 is 0 Å². The molecule has 0 amide bonds. The SMILES string of the molecule is CCCNC(CCO)COc1ccc(OCCC)cc1. The minimum Gasteiger partial charge on any atom is -0.494 e. The van der Waals surface area contributed by atoms with Crippen molar-refractivity contribution in [3.05, 3.63) is 24.3 Å². The predicted octanol–water partition coefficient (Wildman–Crippen LogP) is 2.60. The zero-order valence-corrected chi connectivity index (χ0v) is 12.6. The molecule has 20 heavy (non-hydrogen) atoms. The van der Waals surface area contributed by atoms with Gasteiger partial charge in [-0.25, -0.2) is 0 Å². The Kier molecular flexibility index (Phi) is 8.83. The van der Waals surface area contributed by atoms with Crippen LogP contribution in [0.2, 0.25) is 0 Å². The largest absolute Gasteiger partial charge is 0.494 e. The molecule has 0 aliphatic rings. The van der Waals surface area contributed by atoms with Crippen molar-refractivity contribution in [2.45, 2.75) is 39.2 Å². The first kappa shape index (κ1) is 16.8. The Bertz CT molecular complexity index is 340. The van der Waals surface area contributed by atoms with Gasteiger partial charge in [-0.05, 0) is 50.1 Å². The smallest absolute Gasteiger partial charge is 0.119 e. The Morgan fingerprint density at radius 3 is 2.25 bits per heavy atom. The summed E-state index contributed by atoms with van der Waals surface area (Å²) in [6, 6.07) is 7.87. The second-order valence-electron chi connectivity index (χ2n) is 4.79. The van der Waals surface area contributed by atoms with Gasteiger partial charge in [-0.15, -0.1) is 0 Å². The average molecular weight is 281 g/mol. The highest BCUT2D eigenvalue weighted by molar-refractivity contribution is 5.31. The summed E-state index contributed by atoms with van der Waals surface area (Å²) < 4.78 is 11.3. The topological polar surface area (TPSA) is 50.7 Å². The Morgan fingerprint density at radius 1 is 1.05 bits per heavy atom. The van der Waals surface area contributed by atoms with E-state index in [1.54, 1.807) is 0 Å². The summed E-state index contributed by atoms with van der Waals surface area (Å²) in [7, 11) is 0. The van der Waals surface area contributed by atoms with E-state index in [0.717, 1.165) is 37.5 Å². The molecule has 0 fully saturated rings. The fourth-order valence-corrected chi connectivity index (χ4v) is 1.80. The number of rotatable bonds is 11. The quantitative estimate of drug-likeness (QED) is 0.654.